The number of amides is 1. The predicted molar refractivity (Wildman–Crippen MR) is 89.3 cm³/mol. The van der Waals surface area contributed by atoms with E-state index in [0.29, 0.717) is 11.1 Å². The van der Waals surface area contributed by atoms with E-state index in [1.807, 2.05) is 18.2 Å². The molecule has 0 aliphatic heterocycles. The molecule has 1 atom stereocenters. The van der Waals surface area contributed by atoms with Crippen LogP contribution in [0.5, 0.6) is 0 Å². The van der Waals surface area contributed by atoms with Gasteiger partial charge in [-0.15, -0.1) is 0 Å². The number of anilines is 1. The summed E-state index contributed by atoms with van der Waals surface area (Å²) in [4.78, 5) is 12.1. The van der Waals surface area contributed by atoms with Gasteiger partial charge in [-0.05, 0) is 11.5 Å². The molecule has 3 rings (SSSR count). The van der Waals surface area contributed by atoms with Crippen LogP contribution in [0.15, 0.2) is 72.8 Å². The van der Waals surface area contributed by atoms with Crippen LogP contribution in [0.4, 0.5) is 23.7 Å². The van der Waals surface area contributed by atoms with Crippen molar-refractivity contribution in [3.63, 3.8) is 0 Å². The highest BCUT2D eigenvalue weighted by Crippen LogP contribution is 2.36. The minimum absolute atomic E-state index is 0.136. The number of fused-ring (bicyclic) bond motifs is 1. The molecule has 6 heteroatoms. The van der Waals surface area contributed by atoms with E-state index in [9.17, 15) is 18.0 Å². The van der Waals surface area contributed by atoms with Gasteiger partial charge in [0.05, 0.1) is 5.69 Å². The molecule has 0 heterocycles. The van der Waals surface area contributed by atoms with Gasteiger partial charge in [0.1, 0.15) is 0 Å². The molecule has 1 N–H and O–H groups in total. The predicted octanol–water partition coefficient (Wildman–Crippen LogP) is 5.69. The van der Waals surface area contributed by atoms with Gasteiger partial charge in [0.25, 0.3) is 0 Å². The molecule has 0 aliphatic carbocycles. The fourth-order valence-electron chi connectivity index (χ4n) is 2.53. The lowest BCUT2D eigenvalue weighted by molar-refractivity contribution is -0.205. The number of hydrogen-bond donors (Lipinski definition) is 1. The van der Waals surface area contributed by atoms with Crippen LogP contribution in [-0.2, 0) is 4.74 Å². The van der Waals surface area contributed by atoms with Crippen molar-refractivity contribution in [3.8, 4) is 0 Å². The van der Waals surface area contributed by atoms with Gasteiger partial charge in [-0.2, -0.15) is 13.2 Å². The van der Waals surface area contributed by atoms with Crippen molar-refractivity contribution in [3.05, 3.63) is 78.4 Å². The Labute approximate surface area is 142 Å². The average Bonchev–Trinajstić information content (AvgIpc) is 2.60. The number of hydrogen-bond acceptors (Lipinski definition) is 2. The molecule has 0 aliphatic rings. The van der Waals surface area contributed by atoms with E-state index in [1.165, 1.54) is 24.3 Å². The van der Waals surface area contributed by atoms with Crippen molar-refractivity contribution in [2.75, 3.05) is 5.32 Å². The van der Waals surface area contributed by atoms with Gasteiger partial charge in [-0.25, -0.2) is 4.79 Å². The van der Waals surface area contributed by atoms with E-state index in [0.717, 1.165) is 5.39 Å². The first-order chi connectivity index (χ1) is 11.9. The highest BCUT2D eigenvalue weighted by molar-refractivity contribution is 6.00. The van der Waals surface area contributed by atoms with Crippen molar-refractivity contribution in [1.82, 2.24) is 0 Å². The number of halogens is 3. The summed E-state index contributed by atoms with van der Waals surface area (Å²) in [6.07, 6.45) is -8.21. The average molecular weight is 345 g/mol. The van der Waals surface area contributed by atoms with Crippen LogP contribution in [0.1, 0.15) is 11.7 Å². The van der Waals surface area contributed by atoms with Crippen molar-refractivity contribution in [2.45, 2.75) is 12.3 Å². The Morgan fingerprint density at radius 3 is 2.24 bits per heavy atom. The summed E-state index contributed by atoms with van der Waals surface area (Å²) in [7, 11) is 0. The summed E-state index contributed by atoms with van der Waals surface area (Å²) in [5.74, 6) is 0. The molecule has 0 radical (unpaired) electrons. The van der Waals surface area contributed by atoms with Crippen molar-refractivity contribution in [1.29, 1.82) is 0 Å². The third-order valence-electron chi connectivity index (χ3n) is 3.65. The lowest BCUT2D eigenvalue weighted by Crippen LogP contribution is -2.28. The zero-order valence-corrected chi connectivity index (χ0v) is 13.0. The largest absolute Gasteiger partial charge is 0.431 e. The fraction of sp³-hybridized carbons (Fsp3) is 0.105. The van der Waals surface area contributed by atoms with Gasteiger partial charge >= 0.3 is 12.3 Å². The molecular formula is C19H14F3NO2. The Kier molecular flexibility index (Phi) is 4.61. The van der Waals surface area contributed by atoms with Gasteiger partial charge in [0, 0.05) is 10.9 Å². The summed E-state index contributed by atoms with van der Waals surface area (Å²) in [6, 6.07) is 19.4. The molecular weight excluding hydrogens is 331 g/mol. The van der Waals surface area contributed by atoms with Crippen molar-refractivity contribution in [2.24, 2.45) is 0 Å². The fourth-order valence-corrected chi connectivity index (χ4v) is 2.53. The smallest absolute Gasteiger partial charge is 0.429 e. The first-order valence-corrected chi connectivity index (χ1v) is 7.52. The van der Waals surface area contributed by atoms with E-state index in [2.05, 4.69) is 10.1 Å². The second kappa shape index (κ2) is 6.84. The minimum Gasteiger partial charge on any atom is -0.431 e. The summed E-state index contributed by atoms with van der Waals surface area (Å²) < 4.78 is 44.4. The number of carbonyl (C=O) groups excluding carboxylic acids is 1. The Morgan fingerprint density at radius 2 is 1.52 bits per heavy atom. The molecule has 0 spiro atoms. The zero-order chi connectivity index (χ0) is 17.9. The summed E-state index contributed by atoms with van der Waals surface area (Å²) in [5.41, 5.74) is 0.250. The molecule has 1 amide bonds. The minimum atomic E-state index is -4.71. The molecule has 3 aromatic rings. The monoisotopic (exact) mass is 345 g/mol. The standard InChI is InChI=1S/C19H14F3NO2/c20-19(21,22)17(14-8-2-1-3-9-14)25-18(24)23-16-12-6-10-13-7-4-5-11-15(13)16/h1-12,17H,(H,23,24)/t17-/m1/s1. The molecule has 0 saturated carbocycles. The topological polar surface area (TPSA) is 38.3 Å². The molecule has 128 valence electrons. The maximum absolute atomic E-state index is 13.3. The normalized spacial score (nSPS) is 12.6. The number of alkyl halides is 3. The molecule has 0 saturated heterocycles. The molecule has 0 aromatic heterocycles. The molecule has 25 heavy (non-hydrogen) atoms. The Hall–Kier alpha value is -3.02. The van der Waals surface area contributed by atoms with Crippen LogP contribution in [0.3, 0.4) is 0 Å². The molecule has 0 fully saturated rings. The number of rotatable bonds is 3. The first-order valence-electron chi connectivity index (χ1n) is 7.52. The van der Waals surface area contributed by atoms with Crippen LogP contribution in [0.2, 0.25) is 0 Å². The van der Waals surface area contributed by atoms with Crippen molar-refractivity contribution >= 4 is 22.6 Å². The molecule has 3 nitrogen and oxygen atoms in total. The maximum atomic E-state index is 13.3. The quantitative estimate of drug-likeness (QED) is 0.662. The van der Waals surface area contributed by atoms with Crippen LogP contribution >= 0.6 is 0 Å². The number of carbonyl (C=O) groups is 1. The third kappa shape index (κ3) is 3.91. The zero-order valence-electron chi connectivity index (χ0n) is 13.0. The second-order valence-corrected chi connectivity index (χ2v) is 5.39. The van der Waals surface area contributed by atoms with Crippen LogP contribution in [0, 0.1) is 0 Å². The highest BCUT2D eigenvalue weighted by Gasteiger charge is 2.44. The van der Waals surface area contributed by atoms with Crippen LogP contribution < -0.4 is 5.32 Å². The van der Waals surface area contributed by atoms with Crippen molar-refractivity contribution < 1.29 is 22.7 Å². The maximum Gasteiger partial charge on any atom is 0.429 e. The summed E-state index contributed by atoms with van der Waals surface area (Å²) in [5, 5.41) is 3.97. The molecule has 3 aromatic carbocycles. The van der Waals surface area contributed by atoms with E-state index >= 15 is 0 Å². The van der Waals surface area contributed by atoms with Gasteiger partial charge in [-0.3, -0.25) is 5.32 Å². The van der Waals surface area contributed by atoms with Crippen LogP contribution in [-0.4, -0.2) is 12.3 Å². The Morgan fingerprint density at radius 1 is 0.880 bits per heavy atom. The number of benzene rings is 3. The van der Waals surface area contributed by atoms with Crippen LogP contribution in [0.25, 0.3) is 10.8 Å². The molecule has 0 unspecified atom stereocenters. The lowest BCUT2D eigenvalue weighted by atomic mass is 10.1. The number of nitrogens with one attached hydrogen (secondary N) is 1. The number of ether oxygens (including phenoxy) is 1. The Balaban J connectivity index is 1.82. The SMILES string of the molecule is O=C(Nc1cccc2ccccc12)O[C@H](c1ccccc1)C(F)(F)F. The van der Waals surface area contributed by atoms with Gasteiger partial charge in [0.2, 0.25) is 6.10 Å². The van der Waals surface area contributed by atoms with Gasteiger partial charge in [0.15, 0.2) is 0 Å². The highest BCUT2D eigenvalue weighted by atomic mass is 19.4. The Bertz CT molecular complexity index is 873. The van der Waals surface area contributed by atoms with E-state index in [-0.39, 0.29) is 5.56 Å². The lowest BCUT2D eigenvalue weighted by Gasteiger charge is -2.21. The first kappa shape index (κ1) is 16.8. The van der Waals surface area contributed by atoms with E-state index in [1.54, 1.807) is 30.3 Å². The summed E-state index contributed by atoms with van der Waals surface area (Å²) >= 11 is 0. The third-order valence-corrected chi connectivity index (χ3v) is 3.65. The van der Waals surface area contributed by atoms with Gasteiger partial charge < -0.3 is 4.74 Å². The van der Waals surface area contributed by atoms with E-state index < -0.39 is 18.4 Å². The second-order valence-electron chi connectivity index (χ2n) is 5.39. The summed E-state index contributed by atoms with van der Waals surface area (Å²) in [6.45, 7) is 0. The molecule has 0 bridgehead atoms. The van der Waals surface area contributed by atoms with Gasteiger partial charge in [-0.1, -0.05) is 66.7 Å². The van der Waals surface area contributed by atoms with E-state index in [4.69, 9.17) is 0 Å².